The summed E-state index contributed by atoms with van der Waals surface area (Å²) in [5.74, 6) is -0.628. The van der Waals surface area contributed by atoms with Crippen molar-refractivity contribution >= 4 is 55.0 Å². The second-order valence-corrected chi connectivity index (χ2v) is 9.89. The molecular weight excluding hydrogens is 540 g/mol. The summed E-state index contributed by atoms with van der Waals surface area (Å²) in [6, 6.07) is 16.7. The number of carboxylic acid groups (broad SMARTS) is 1. The van der Waals surface area contributed by atoms with E-state index in [-0.39, 0.29) is 16.7 Å². The second kappa shape index (κ2) is 10.8. The molecule has 0 saturated carbocycles. The van der Waals surface area contributed by atoms with E-state index in [9.17, 15) is 19.2 Å². The first-order valence-corrected chi connectivity index (χ1v) is 13.1. The Labute approximate surface area is 227 Å². The van der Waals surface area contributed by atoms with Crippen molar-refractivity contribution in [2.24, 2.45) is 0 Å². The van der Waals surface area contributed by atoms with Crippen molar-refractivity contribution in [3.05, 3.63) is 103 Å². The number of aromatic amines is 2. The van der Waals surface area contributed by atoms with E-state index in [0.29, 0.717) is 48.8 Å². The summed E-state index contributed by atoms with van der Waals surface area (Å²) in [7, 11) is 1.33. The highest BCUT2D eigenvalue weighted by Gasteiger charge is 2.11. The Morgan fingerprint density at radius 2 is 1.26 bits per heavy atom. The third kappa shape index (κ3) is 5.37. The van der Waals surface area contributed by atoms with E-state index in [1.807, 2.05) is 5.38 Å². The molecule has 0 unspecified atom stereocenters. The van der Waals surface area contributed by atoms with Gasteiger partial charge in [0, 0.05) is 11.1 Å². The highest BCUT2D eigenvalue weighted by atomic mass is 32.1. The molecule has 194 valence electrons. The third-order valence-corrected chi connectivity index (χ3v) is 7.37. The predicted octanol–water partition coefficient (Wildman–Crippen LogP) is 4.79. The van der Waals surface area contributed by atoms with Crippen LogP contribution < -0.4 is 11.1 Å². The molecule has 10 nitrogen and oxygen atoms in total. The molecule has 2 aromatic carbocycles. The number of rotatable bonds is 4. The van der Waals surface area contributed by atoms with Crippen LogP contribution in [0.3, 0.4) is 0 Å². The van der Waals surface area contributed by atoms with Crippen molar-refractivity contribution in [3.8, 4) is 22.8 Å². The van der Waals surface area contributed by atoms with Crippen LogP contribution in [-0.4, -0.2) is 44.1 Å². The maximum absolute atomic E-state index is 11.9. The van der Waals surface area contributed by atoms with Crippen LogP contribution in [0.4, 0.5) is 0 Å². The number of methoxy groups -OCH3 is 1. The molecule has 0 saturated heterocycles. The molecule has 6 rings (SSSR count). The van der Waals surface area contributed by atoms with Crippen molar-refractivity contribution in [1.82, 2.24) is 19.9 Å². The van der Waals surface area contributed by atoms with Crippen LogP contribution in [-0.2, 0) is 4.74 Å². The average Bonchev–Trinajstić information content (AvgIpc) is 3.63. The number of carbonyl (C=O) groups is 2. The summed E-state index contributed by atoms with van der Waals surface area (Å²) in [5.41, 5.74) is 2.69. The molecule has 0 amide bonds. The summed E-state index contributed by atoms with van der Waals surface area (Å²) >= 11 is 2.67. The fraction of sp³-hybridized carbons (Fsp3) is 0.0370. The third-order valence-electron chi connectivity index (χ3n) is 5.57. The van der Waals surface area contributed by atoms with E-state index >= 15 is 0 Å². The Balaban J connectivity index is 0.000000158. The predicted molar refractivity (Wildman–Crippen MR) is 150 cm³/mol. The molecule has 0 aliphatic heterocycles. The fourth-order valence-electron chi connectivity index (χ4n) is 3.73. The topological polar surface area (TPSA) is 155 Å². The van der Waals surface area contributed by atoms with Gasteiger partial charge in [0.25, 0.3) is 11.1 Å². The monoisotopic (exact) mass is 558 g/mol. The Hall–Kier alpha value is -4.94. The first kappa shape index (κ1) is 25.7. The smallest absolute Gasteiger partial charge is 0.337 e. The number of thiophene rings is 2. The lowest BCUT2D eigenvalue weighted by atomic mass is 10.1. The van der Waals surface area contributed by atoms with Crippen LogP contribution in [0.15, 0.2) is 81.0 Å². The van der Waals surface area contributed by atoms with Crippen molar-refractivity contribution in [2.75, 3.05) is 7.11 Å². The maximum atomic E-state index is 11.9. The van der Waals surface area contributed by atoms with Crippen LogP contribution >= 0.6 is 22.7 Å². The Morgan fingerprint density at radius 3 is 1.74 bits per heavy atom. The van der Waals surface area contributed by atoms with Gasteiger partial charge in [-0.15, -0.1) is 22.7 Å². The first-order chi connectivity index (χ1) is 18.8. The van der Waals surface area contributed by atoms with Gasteiger partial charge in [0.1, 0.15) is 21.0 Å². The number of hydrogen-bond donors (Lipinski definition) is 3. The van der Waals surface area contributed by atoms with Crippen LogP contribution in [0.25, 0.3) is 43.2 Å². The summed E-state index contributed by atoms with van der Waals surface area (Å²) < 4.78 is 5.84. The SMILES string of the molecule is COC(=O)c1cccc(-c2nc3ccsc3c(=O)[nH]2)c1.O=C(O)c1cccc(-c2nc3ccsc3c(=O)[nH]2)c1. The summed E-state index contributed by atoms with van der Waals surface area (Å²) in [6.07, 6.45) is 0. The zero-order valence-corrected chi connectivity index (χ0v) is 21.8. The maximum Gasteiger partial charge on any atom is 0.337 e. The van der Waals surface area contributed by atoms with Gasteiger partial charge in [-0.05, 0) is 47.2 Å². The summed E-state index contributed by atoms with van der Waals surface area (Å²) in [4.78, 5) is 60.4. The van der Waals surface area contributed by atoms with Gasteiger partial charge < -0.3 is 19.8 Å². The number of carbonyl (C=O) groups excluding carboxylic acids is 1. The van der Waals surface area contributed by atoms with Gasteiger partial charge in [-0.1, -0.05) is 24.3 Å². The number of hydrogen-bond acceptors (Lipinski definition) is 9. The molecule has 0 radical (unpaired) electrons. The number of nitrogens with one attached hydrogen (secondary N) is 2. The van der Waals surface area contributed by atoms with Gasteiger partial charge in [-0.3, -0.25) is 9.59 Å². The van der Waals surface area contributed by atoms with Crippen LogP contribution in [0.1, 0.15) is 20.7 Å². The first-order valence-electron chi connectivity index (χ1n) is 11.3. The molecule has 0 atom stereocenters. The minimum absolute atomic E-state index is 0.158. The molecule has 6 aromatic rings. The molecule has 0 fully saturated rings. The lowest BCUT2D eigenvalue weighted by Gasteiger charge is -2.03. The van der Waals surface area contributed by atoms with Gasteiger partial charge in [0.15, 0.2) is 0 Å². The zero-order chi connectivity index (χ0) is 27.5. The number of aromatic carboxylic acids is 1. The highest BCUT2D eigenvalue weighted by Crippen LogP contribution is 2.21. The minimum atomic E-state index is -1.01. The molecule has 0 spiro atoms. The normalized spacial score (nSPS) is 10.7. The number of H-pyrrole nitrogens is 2. The number of aromatic nitrogens is 4. The molecule has 0 bridgehead atoms. The molecule has 0 aliphatic rings. The number of carboxylic acids is 1. The second-order valence-electron chi connectivity index (χ2n) is 8.06. The van der Waals surface area contributed by atoms with Crippen LogP contribution in [0.5, 0.6) is 0 Å². The zero-order valence-electron chi connectivity index (χ0n) is 20.1. The quantitative estimate of drug-likeness (QED) is 0.261. The Bertz CT molecular complexity index is 1970. The largest absolute Gasteiger partial charge is 0.478 e. The number of ether oxygens (including phenoxy) is 1. The van der Waals surface area contributed by atoms with E-state index in [2.05, 4.69) is 24.7 Å². The Kier molecular flexibility index (Phi) is 7.12. The molecule has 4 aromatic heterocycles. The van der Waals surface area contributed by atoms with E-state index in [1.54, 1.807) is 53.9 Å². The Morgan fingerprint density at radius 1 is 0.769 bits per heavy atom. The molecule has 39 heavy (non-hydrogen) atoms. The van der Waals surface area contributed by atoms with Gasteiger partial charge in [-0.25, -0.2) is 19.6 Å². The molecule has 0 aliphatic carbocycles. The molecule has 3 N–H and O–H groups in total. The van der Waals surface area contributed by atoms with Crippen molar-refractivity contribution in [3.63, 3.8) is 0 Å². The van der Waals surface area contributed by atoms with Gasteiger partial charge >= 0.3 is 11.9 Å². The number of benzene rings is 2. The number of nitrogens with zero attached hydrogens (tertiary/aromatic N) is 2. The highest BCUT2D eigenvalue weighted by molar-refractivity contribution is 7.17. The van der Waals surface area contributed by atoms with E-state index < -0.39 is 11.9 Å². The van der Waals surface area contributed by atoms with Crippen molar-refractivity contribution in [2.45, 2.75) is 0 Å². The van der Waals surface area contributed by atoms with Gasteiger partial charge in [-0.2, -0.15) is 0 Å². The summed E-state index contributed by atoms with van der Waals surface area (Å²) in [5, 5.41) is 12.6. The van der Waals surface area contributed by atoms with Gasteiger partial charge in [0.05, 0.1) is 29.3 Å². The van der Waals surface area contributed by atoms with E-state index in [1.165, 1.54) is 41.9 Å². The van der Waals surface area contributed by atoms with Gasteiger partial charge in [0.2, 0.25) is 0 Å². The van der Waals surface area contributed by atoms with Crippen LogP contribution in [0, 0.1) is 0 Å². The van der Waals surface area contributed by atoms with E-state index in [0.717, 1.165) is 0 Å². The molecule has 4 heterocycles. The van der Waals surface area contributed by atoms with Crippen molar-refractivity contribution < 1.29 is 19.4 Å². The minimum Gasteiger partial charge on any atom is -0.478 e. The lowest BCUT2D eigenvalue weighted by molar-refractivity contribution is 0.0600. The lowest BCUT2D eigenvalue weighted by Crippen LogP contribution is -2.08. The number of esters is 1. The van der Waals surface area contributed by atoms with Crippen molar-refractivity contribution in [1.29, 1.82) is 0 Å². The molecular formula is C27H18N4O6S2. The summed E-state index contributed by atoms with van der Waals surface area (Å²) in [6.45, 7) is 0. The average molecular weight is 559 g/mol. The standard InChI is InChI=1S/C14H10N2O3S.C13H8N2O3S/c1-19-14(18)9-4-2-3-8(7-9)12-15-10-5-6-20-11(10)13(17)16-12;16-12-10-9(4-5-19-10)14-11(15-12)7-2-1-3-8(6-7)13(17)18/h2-7H,1H3,(H,15,16,17);1-6H,(H,17,18)(H,14,15,16). The van der Waals surface area contributed by atoms with E-state index in [4.69, 9.17) is 5.11 Å². The van der Waals surface area contributed by atoms with Crippen LogP contribution in [0.2, 0.25) is 0 Å². The molecule has 12 heteroatoms. The fourth-order valence-corrected chi connectivity index (χ4v) is 5.18. The number of fused-ring (bicyclic) bond motifs is 2.